The largest absolute Gasteiger partial charge is 0.232 e. The average Bonchev–Trinajstić information content (AvgIpc) is 2.05. The van der Waals surface area contributed by atoms with Gasteiger partial charge >= 0.3 is 0 Å². The van der Waals surface area contributed by atoms with Crippen molar-refractivity contribution in [2.45, 2.75) is 6.42 Å². The van der Waals surface area contributed by atoms with Crippen molar-refractivity contribution in [3.63, 3.8) is 0 Å². The van der Waals surface area contributed by atoms with Crippen LogP contribution in [0.3, 0.4) is 0 Å². The quantitative estimate of drug-likeness (QED) is 0.805. The number of rotatable bonds is 3. The van der Waals surface area contributed by atoms with Gasteiger partial charge in [-0.1, -0.05) is 15.9 Å². The number of benzene rings is 1. The Morgan fingerprint density at radius 2 is 2.07 bits per heavy atom. The van der Waals surface area contributed by atoms with E-state index in [4.69, 9.17) is 10.7 Å². The van der Waals surface area contributed by atoms with E-state index in [9.17, 15) is 12.8 Å². The fourth-order valence-electron chi connectivity index (χ4n) is 0.967. The number of hydrogen-bond donors (Lipinski definition) is 0. The highest BCUT2D eigenvalue weighted by atomic mass is 79.9. The van der Waals surface area contributed by atoms with Gasteiger partial charge in [0.25, 0.3) is 0 Å². The maximum Gasteiger partial charge on any atom is 0.232 e. The molecule has 0 N–H and O–H groups in total. The summed E-state index contributed by atoms with van der Waals surface area (Å²) >= 11 is 3.17. The topological polar surface area (TPSA) is 34.1 Å². The van der Waals surface area contributed by atoms with Gasteiger partial charge in [0.15, 0.2) is 0 Å². The summed E-state index contributed by atoms with van der Waals surface area (Å²) < 4.78 is 35.1. The van der Waals surface area contributed by atoms with Gasteiger partial charge in [0.1, 0.15) is 5.82 Å². The fourth-order valence-corrected chi connectivity index (χ4v) is 2.07. The molecule has 0 aliphatic carbocycles. The van der Waals surface area contributed by atoms with E-state index in [-0.39, 0.29) is 12.2 Å². The highest BCUT2D eigenvalue weighted by Crippen LogP contribution is 2.16. The van der Waals surface area contributed by atoms with Gasteiger partial charge in [-0.05, 0) is 30.2 Å². The minimum Gasteiger partial charge on any atom is -0.212 e. The number of hydrogen-bond acceptors (Lipinski definition) is 2. The molecule has 0 saturated carbocycles. The van der Waals surface area contributed by atoms with Gasteiger partial charge in [0, 0.05) is 15.2 Å². The molecular formula is C8H7BrClFO2S. The second kappa shape index (κ2) is 4.59. The van der Waals surface area contributed by atoms with Gasteiger partial charge < -0.3 is 0 Å². The van der Waals surface area contributed by atoms with Gasteiger partial charge in [-0.2, -0.15) is 0 Å². The summed E-state index contributed by atoms with van der Waals surface area (Å²) in [4.78, 5) is 0. The van der Waals surface area contributed by atoms with E-state index >= 15 is 0 Å². The van der Waals surface area contributed by atoms with Crippen molar-refractivity contribution in [2.24, 2.45) is 0 Å². The van der Waals surface area contributed by atoms with Crippen LogP contribution in [0.25, 0.3) is 0 Å². The zero-order chi connectivity index (χ0) is 10.8. The van der Waals surface area contributed by atoms with Gasteiger partial charge in [-0.15, -0.1) is 0 Å². The van der Waals surface area contributed by atoms with Crippen molar-refractivity contribution >= 4 is 35.7 Å². The third kappa shape index (κ3) is 3.94. The van der Waals surface area contributed by atoms with Crippen LogP contribution in [0.2, 0.25) is 0 Å². The SMILES string of the molecule is O=S(=O)(Cl)CCc1cc(Br)ccc1F. The van der Waals surface area contributed by atoms with E-state index in [2.05, 4.69) is 15.9 Å². The Hall–Kier alpha value is -0.130. The molecule has 0 aromatic heterocycles. The molecule has 0 aliphatic heterocycles. The summed E-state index contributed by atoms with van der Waals surface area (Å²) in [7, 11) is 1.45. The lowest BCUT2D eigenvalue weighted by Crippen LogP contribution is -2.02. The average molecular weight is 302 g/mol. The van der Waals surface area contributed by atoms with Crippen LogP contribution in [0.4, 0.5) is 4.39 Å². The molecule has 14 heavy (non-hydrogen) atoms. The van der Waals surface area contributed by atoms with Crippen LogP contribution in [-0.2, 0) is 15.5 Å². The first-order valence-corrected chi connectivity index (χ1v) is 7.02. The summed E-state index contributed by atoms with van der Waals surface area (Å²) in [5, 5.41) is 0. The first-order chi connectivity index (χ1) is 6.38. The predicted octanol–water partition coefficient (Wildman–Crippen LogP) is 2.70. The lowest BCUT2D eigenvalue weighted by Gasteiger charge is -2.01. The van der Waals surface area contributed by atoms with E-state index in [1.165, 1.54) is 12.1 Å². The van der Waals surface area contributed by atoms with Crippen LogP contribution in [0.15, 0.2) is 22.7 Å². The molecule has 0 fully saturated rings. The molecule has 1 aromatic carbocycles. The van der Waals surface area contributed by atoms with E-state index in [1.807, 2.05) is 0 Å². The summed E-state index contributed by atoms with van der Waals surface area (Å²) in [6.45, 7) is 0. The minimum atomic E-state index is -3.56. The van der Waals surface area contributed by atoms with Crippen molar-refractivity contribution in [3.05, 3.63) is 34.1 Å². The van der Waals surface area contributed by atoms with Gasteiger partial charge in [0.2, 0.25) is 9.05 Å². The molecule has 2 nitrogen and oxygen atoms in total. The third-order valence-corrected chi connectivity index (χ3v) is 3.27. The Balaban J connectivity index is 2.81. The molecule has 0 atom stereocenters. The zero-order valence-corrected chi connectivity index (χ0v) is 10.2. The summed E-state index contributed by atoms with van der Waals surface area (Å²) in [5.41, 5.74) is 0.337. The number of aryl methyl sites for hydroxylation is 1. The van der Waals surface area contributed by atoms with Crippen molar-refractivity contribution in [1.82, 2.24) is 0 Å². The van der Waals surface area contributed by atoms with Gasteiger partial charge in [-0.25, -0.2) is 12.8 Å². The van der Waals surface area contributed by atoms with Crippen molar-refractivity contribution in [1.29, 1.82) is 0 Å². The third-order valence-electron chi connectivity index (χ3n) is 1.62. The summed E-state index contributed by atoms with van der Waals surface area (Å²) in [6.07, 6.45) is 0.0805. The maximum atomic E-state index is 13.1. The molecule has 1 aromatic rings. The molecule has 0 radical (unpaired) electrons. The predicted molar refractivity (Wildman–Crippen MR) is 57.4 cm³/mol. The van der Waals surface area contributed by atoms with Gasteiger partial charge in [-0.3, -0.25) is 0 Å². The molecule has 0 amide bonds. The zero-order valence-electron chi connectivity index (χ0n) is 7.00. The maximum absolute atomic E-state index is 13.1. The number of halogens is 3. The standard InChI is InChI=1S/C8H7BrClFO2S/c9-7-1-2-8(11)6(5-7)3-4-14(10,12)13/h1-2,5H,3-4H2. The molecule has 0 heterocycles. The van der Waals surface area contributed by atoms with E-state index < -0.39 is 14.9 Å². The molecule has 0 bridgehead atoms. The van der Waals surface area contributed by atoms with E-state index in [0.29, 0.717) is 10.0 Å². The van der Waals surface area contributed by atoms with Crippen molar-refractivity contribution in [2.75, 3.05) is 5.75 Å². The van der Waals surface area contributed by atoms with Crippen LogP contribution < -0.4 is 0 Å². The van der Waals surface area contributed by atoms with Crippen LogP contribution >= 0.6 is 26.6 Å². The Kier molecular flexibility index (Phi) is 3.92. The van der Waals surface area contributed by atoms with Crippen LogP contribution in [0.1, 0.15) is 5.56 Å². The normalized spacial score (nSPS) is 11.6. The van der Waals surface area contributed by atoms with Crippen LogP contribution in [0, 0.1) is 5.82 Å². The molecule has 0 spiro atoms. The molecule has 0 saturated heterocycles. The highest BCUT2D eigenvalue weighted by Gasteiger charge is 2.09. The van der Waals surface area contributed by atoms with Gasteiger partial charge in [0.05, 0.1) is 5.75 Å². The molecule has 0 aliphatic rings. The molecule has 6 heteroatoms. The Bertz CT molecular complexity index is 433. The van der Waals surface area contributed by atoms with Crippen molar-refractivity contribution < 1.29 is 12.8 Å². The smallest absolute Gasteiger partial charge is 0.212 e. The van der Waals surface area contributed by atoms with E-state index in [1.54, 1.807) is 6.07 Å². The minimum absolute atomic E-state index is 0.0805. The first-order valence-electron chi connectivity index (χ1n) is 3.75. The van der Waals surface area contributed by atoms with Crippen molar-refractivity contribution in [3.8, 4) is 0 Å². The molecule has 0 unspecified atom stereocenters. The summed E-state index contributed by atoms with van der Waals surface area (Å²) in [5.74, 6) is -0.685. The first kappa shape index (κ1) is 11.9. The van der Waals surface area contributed by atoms with E-state index in [0.717, 1.165) is 0 Å². The molecule has 1 rings (SSSR count). The van der Waals surface area contributed by atoms with Crippen LogP contribution in [-0.4, -0.2) is 14.2 Å². The molecule has 78 valence electrons. The summed E-state index contributed by atoms with van der Waals surface area (Å²) in [6, 6.07) is 4.37. The lowest BCUT2D eigenvalue weighted by molar-refractivity contribution is 0.601. The van der Waals surface area contributed by atoms with Crippen LogP contribution in [0.5, 0.6) is 0 Å². The lowest BCUT2D eigenvalue weighted by atomic mass is 10.2. The Morgan fingerprint density at radius 1 is 1.43 bits per heavy atom. The fraction of sp³-hybridized carbons (Fsp3) is 0.250. The Labute approximate surface area is 94.6 Å². The Morgan fingerprint density at radius 3 is 2.64 bits per heavy atom. The monoisotopic (exact) mass is 300 g/mol. The highest BCUT2D eigenvalue weighted by molar-refractivity contribution is 9.10. The second-order valence-electron chi connectivity index (χ2n) is 2.73. The second-order valence-corrected chi connectivity index (χ2v) is 6.54. The molecular weight excluding hydrogens is 295 g/mol.